The molecule has 0 saturated carbocycles. The van der Waals surface area contributed by atoms with Gasteiger partial charge < -0.3 is 21.3 Å². The van der Waals surface area contributed by atoms with Gasteiger partial charge in [-0.05, 0) is 74.2 Å². The summed E-state index contributed by atoms with van der Waals surface area (Å²) in [4.78, 5) is 44.8. The number of benzene rings is 2. The molecule has 2 amide bonds. The summed E-state index contributed by atoms with van der Waals surface area (Å²) >= 11 is 15.6. The Morgan fingerprint density at radius 1 is 0.667 bits per heavy atom. The highest BCUT2D eigenvalue weighted by molar-refractivity contribution is 7.18. The number of aryl methyl sites for hydroxylation is 4. The Bertz CT molecular complexity index is 2150. The van der Waals surface area contributed by atoms with Crippen LogP contribution in [0.3, 0.4) is 0 Å². The molecule has 0 aliphatic rings. The number of aromatic nitrogens is 4. The van der Waals surface area contributed by atoms with E-state index >= 15 is 0 Å². The molecule has 0 radical (unpaired) electrons. The molecule has 2 aromatic carbocycles. The zero-order valence-corrected chi connectivity index (χ0v) is 29.3. The largest absolute Gasteiger partial charge is 0.320 e. The van der Waals surface area contributed by atoms with Crippen molar-refractivity contribution in [1.82, 2.24) is 19.9 Å². The van der Waals surface area contributed by atoms with Gasteiger partial charge in [-0.15, -0.1) is 0 Å². The Labute approximate surface area is 294 Å². The van der Waals surface area contributed by atoms with Crippen LogP contribution in [-0.4, -0.2) is 31.8 Å². The van der Waals surface area contributed by atoms with E-state index in [4.69, 9.17) is 28.2 Å². The lowest BCUT2D eigenvalue weighted by Crippen LogP contribution is -2.12. The Balaban J connectivity index is 1.18. The van der Waals surface area contributed by atoms with Crippen molar-refractivity contribution in [3.8, 4) is 11.3 Å². The minimum Gasteiger partial charge on any atom is -0.320 e. The Kier molecular flexibility index (Phi) is 9.69. The highest BCUT2D eigenvalue weighted by atomic mass is 35.5. The SMILES string of the molecule is Cc1ccc(Nc2ncc(C(=O)Nc3c(C)ccc(-c4cc(C)cc(Nc5ncc(C(=O)Nc6c(C)cccc6Cl)s5)n4)c3Cl)s2)nc1. The van der Waals surface area contributed by atoms with Crippen molar-refractivity contribution in [2.75, 3.05) is 21.3 Å². The van der Waals surface area contributed by atoms with Gasteiger partial charge >= 0.3 is 0 Å². The van der Waals surface area contributed by atoms with Crippen molar-refractivity contribution < 1.29 is 9.59 Å². The normalized spacial score (nSPS) is 10.9. The van der Waals surface area contributed by atoms with Crippen LogP contribution in [0.15, 0.2) is 73.2 Å². The number of carbonyl (C=O) groups is 2. The molecule has 0 bridgehead atoms. The molecule has 242 valence electrons. The highest BCUT2D eigenvalue weighted by Crippen LogP contribution is 2.37. The minimum atomic E-state index is -0.340. The van der Waals surface area contributed by atoms with E-state index in [0.717, 1.165) is 22.3 Å². The summed E-state index contributed by atoms with van der Waals surface area (Å²) in [6.07, 6.45) is 4.76. The predicted molar refractivity (Wildman–Crippen MR) is 196 cm³/mol. The Morgan fingerprint density at radius 3 is 1.96 bits per heavy atom. The molecule has 0 spiro atoms. The van der Waals surface area contributed by atoms with Crippen molar-refractivity contribution in [1.29, 1.82) is 0 Å². The van der Waals surface area contributed by atoms with Gasteiger partial charge in [-0.2, -0.15) is 0 Å². The molecule has 0 unspecified atom stereocenters. The van der Waals surface area contributed by atoms with Gasteiger partial charge in [0, 0.05) is 11.8 Å². The van der Waals surface area contributed by atoms with Gasteiger partial charge in [0.2, 0.25) is 0 Å². The Hall–Kier alpha value is -4.88. The van der Waals surface area contributed by atoms with Gasteiger partial charge in [0.1, 0.15) is 21.4 Å². The molecule has 6 aromatic rings. The molecular weight excluding hydrogens is 687 g/mol. The van der Waals surface area contributed by atoms with Gasteiger partial charge in [0.05, 0.1) is 39.5 Å². The van der Waals surface area contributed by atoms with Crippen LogP contribution >= 0.6 is 45.9 Å². The monoisotopic (exact) mass is 714 g/mol. The fraction of sp³-hybridized carbons (Fsp3) is 0.118. The number of pyridine rings is 2. The molecule has 0 fully saturated rings. The zero-order chi connectivity index (χ0) is 33.9. The maximum absolute atomic E-state index is 13.3. The van der Waals surface area contributed by atoms with Crippen molar-refractivity contribution in [3.63, 3.8) is 0 Å². The van der Waals surface area contributed by atoms with Crippen molar-refractivity contribution in [3.05, 3.63) is 115 Å². The van der Waals surface area contributed by atoms with E-state index in [0.29, 0.717) is 64.3 Å². The third-order valence-corrected chi connectivity index (χ3v) is 9.67. The van der Waals surface area contributed by atoms with E-state index in [1.165, 1.54) is 35.1 Å². The lowest BCUT2D eigenvalue weighted by atomic mass is 10.0. The number of halogens is 2. The molecule has 6 rings (SSSR count). The van der Waals surface area contributed by atoms with Crippen LogP contribution in [0.5, 0.6) is 0 Å². The lowest BCUT2D eigenvalue weighted by molar-refractivity contribution is 0.102. The van der Waals surface area contributed by atoms with Crippen LogP contribution < -0.4 is 21.3 Å². The number of nitrogens with one attached hydrogen (secondary N) is 4. The molecule has 4 N–H and O–H groups in total. The van der Waals surface area contributed by atoms with Crippen LogP contribution in [-0.2, 0) is 0 Å². The number of amides is 2. The molecule has 4 aromatic heterocycles. The quantitative estimate of drug-likeness (QED) is 0.116. The van der Waals surface area contributed by atoms with E-state index in [1.807, 2.05) is 76.2 Å². The van der Waals surface area contributed by atoms with Crippen LogP contribution in [0, 0.1) is 27.7 Å². The molecule has 14 heteroatoms. The highest BCUT2D eigenvalue weighted by Gasteiger charge is 2.19. The maximum Gasteiger partial charge on any atom is 0.267 e. The molecule has 0 atom stereocenters. The van der Waals surface area contributed by atoms with Gasteiger partial charge in [-0.25, -0.2) is 19.9 Å². The molecule has 0 aliphatic carbocycles. The van der Waals surface area contributed by atoms with Crippen molar-refractivity contribution in [2.45, 2.75) is 27.7 Å². The molecule has 48 heavy (non-hydrogen) atoms. The van der Waals surface area contributed by atoms with Crippen LogP contribution in [0.2, 0.25) is 10.0 Å². The zero-order valence-electron chi connectivity index (χ0n) is 26.1. The van der Waals surface area contributed by atoms with E-state index in [2.05, 4.69) is 36.2 Å². The summed E-state index contributed by atoms with van der Waals surface area (Å²) in [5.74, 6) is 0.498. The number of hydrogen-bond donors (Lipinski definition) is 4. The molecule has 0 saturated heterocycles. The first-order valence-corrected chi connectivity index (χ1v) is 17.0. The Morgan fingerprint density at radius 2 is 1.31 bits per heavy atom. The summed E-state index contributed by atoms with van der Waals surface area (Å²) in [5.41, 5.74) is 5.87. The van der Waals surface area contributed by atoms with Gasteiger partial charge in [-0.3, -0.25) is 9.59 Å². The fourth-order valence-corrected chi connectivity index (χ4v) is 6.73. The second-order valence-corrected chi connectivity index (χ2v) is 13.8. The summed E-state index contributed by atoms with van der Waals surface area (Å²) < 4.78 is 0. The van der Waals surface area contributed by atoms with Crippen molar-refractivity contribution in [2.24, 2.45) is 0 Å². The van der Waals surface area contributed by atoms with Gasteiger partial charge in [-0.1, -0.05) is 76.2 Å². The smallest absolute Gasteiger partial charge is 0.267 e. The van der Waals surface area contributed by atoms with E-state index in [-0.39, 0.29) is 11.8 Å². The predicted octanol–water partition coefficient (Wildman–Crippen LogP) is 9.59. The molecule has 0 aliphatic heterocycles. The first kappa shape index (κ1) is 33.0. The van der Waals surface area contributed by atoms with Crippen LogP contribution in [0.4, 0.5) is 33.3 Å². The average molecular weight is 716 g/mol. The third-order valence-electron chi connectivity index (χ3n) is 7.14. The van der Waals surface area contributed by atoms with Gasteiger partial charge in [0.15, 0.2) is 10.3 Å². The topological polar surface area (TPSA) is 134 Å². The fourth-order valence-electron chi connectivity index (χ4n) is 4.67. The number of hydrogen-bond acceptors (Lipinski definition) is 10. The third kappa shape index (κ3) is 7.47. The summed E-state index contributed by atoms with van der Waals surface area (Å²) in [6, 6.07) is 16.7. The first-order chi connectivity index (χ1) is 23.0. The number of thiazole rings is 2. The standard InChI is InChI=1S/C34H28Cl2N8O2S2/c1-17-8-11-26(37-14-17)41-33-38-16-25(47-33)32(46)44-30-20(4)9-10-21(28(30)36)23-12-18(2)13-27(40-23)42-34-39-15-24(48-34)31(45)43-29-19(3)6-5-7-22(29)35/h5-16H,1-4H3,(H,43,45)(H,44,46)(H,37,38,41)(H,39,40,42). The number of rotatable bonds is 9. The van der Waals surface area contributed by atoms with Crippen LogP contribution in [0.25, 0.3) is 11.3 Å². The minimum absolute atomic E-state index is 0.315. The first-order valence-electron chi connectivity index (χ1n) is 14.6. The maximum atomic E-state index is 13.3. The number of nitrogens with zero attached hydrogens (tertiary/aromatic N) is 4. The van der Waals surface area contributed by atoms with E-state index in [1.54, 1.807) is 12.3 Å². The van der Waals surface area contributed by atoms with Gasteiger partial charge in [0.25, 0.3) is 11.8 Å². The average Bonchev–Trinajstić information content (AvgIpc) is 3.72. The summed E-state index contributed by atoms with van der Waals surface area (Å²) in [5, 5.41) is 14.0. The lowest BCUT2D eigenvalue weighted by Gasteiger charge is -2.14. The molecular formula is C34H28Cl2N8O2S2. The number of para-hydroxylation sites is 1. The second-order valence-electron chi connectivity index (χ2n) is 10.9. The molecule has 10 nitrogen and oxygen atoms in total. The van der Waals surface area contributed by atoms with Crippen molar-refractivity contribution >= 4 is 91.0 Å². The number of carbonyl (C=O) groups excluding carboxylic acids is 2. The van der Waals surface area contributed by atoms with E-state index in [9.17, 15) is 9.59 Å². The summed E-state index contributed by atoms with van der Waals surface area (Å²) in [6.45, 7) is 7.64. The second kappa shape index (κ2) is 14.1. The summed E-state index contributed by atoms with van der Waals surface area (Å²) in [7, 11) is 0. The molecule has 4 heterocycles. The van der Waals surface area contributed by atoms with Crippen LogP contribution in [0.1, 0.15) is 41.6 Å². The van der Waals surface area contributed by atoms with E-state index < -0.39 is 0 Å². The number of anilines is 6.